The molecule has 136 valence electrons. The first-order chi connectivity index (χ1) is 11.2. The molecule has 0 saturated carbocycles. The lowest BCUT2D eigenvalue weighted by molar-refractivity contribution is -0.123. The fourth-order valence-corrected chi connectivity index (χ4v) is 2.76. The smallest absolute Gasteiger partial charge is 0.343 e. The lowest BCUT2D eigenvalue weighted by Gasteiger charge is -2.10. The summed E-state index contributed by atoms with van der Waals surface area (Å²) in [6.07, 6.45) is -3.57. The fraction of sp³-hybridized carbons (Fsp3) is 0.500. The van der Waals surface area contributed by atoms with Crippen molar-refractivity contribution in [1.29, 1.82) is 0 Å². The molecule has 1 aromatic rings. The van der Waals surface area contributed by atoms with Gasteiger partial charge in [0.05, 0.1) is 4.90 Å². The SMILES string of the molecule is CCCNCCNS(=O)(=O)c1ccc(C(=O)NCC(F)(F)F)cc1. The lowest BCUT2D eigenvalue weighted by Crippen LogP contribution is -2.34. The molecule has 10 heteroatoms. The Kier molecular flexibility index (Phi) is 7.64. The van der Waals surface area contributed by atoms with Gasteiger partial charge in [-0.1, -0.05) is 6.92 Å². The number of alkyl halides is 3. The van der Waals surface area contributed by atoms with Gasteiger partial charge in [0.2, 0.25) is 10.0 Å². The molecule has 3 N–H and O–H groups in total. The highest BCUT2D eigenvalue weighted by atomic mass is 32.2. The van der Waals surface area contributed by atoms with E-state index in [9.17, 15) is 26.4 Å². The Balaban J connectivity index is 2.61. The van der Waals surface area contributed by atoms with Crippen LogP contribution in [0, 0.1) is 0 Å². The Labute approximate surface area is 138 Å². The van der Waals surface area contributed by atoms with Crippen LogP contribution in [-0.4, -0.2) is 46.7 Å². The molecule has 0 unspecified atom stereocenters. The Bertz CT molecular complexity index is 631. The minimum Gasteiger partial charge on any atom is -0.343 e. The third kappa shape index (κ3) is 7.28. The van der Waals surface area contributed by atoms with Crippen molar-refractivity contribution in [2.45, 2.75) is 24.4 Å². The molecule has 0 aliphatic rings. The highest BCUT2D eigenvalue weighted by molar-refractivity contribution is 7.89. The number of hydrogen-bond donors (Lipinski definition) is 3. The van der Waals surface area contributed by atoms with E-state index in [1.165, 1.54) is 12.1 Å². The molecule has 0 aliphatic heterocycles. The quantitative estimate of drug-likeness (QED) is 0.574. The molecule has 0 heterocycles. The summed E-state index contributed by atoms with van der Waals surface area (Å²) in [6.45, 7) is 2.01. The van der Waals surface area contributed by atoms with Crippen molar-refractivity contribution in [3.63, 3.8) is 0 Å². The van der Waals surface area contributed by atoms with Crippen molar-refractivity contribution in [1.82, 2.24) is 15.4 Å². The third-order valence-corrected chi connectivity index (χ3v) is 4.37. The summed E-state index contributed by atoms with van der Waals surface area (Å²) < 4.78 is 62.5. The summed E-state index contributed by atoms with van der Waals surface area (Å²) in [6, 6.07) is 4.67. The molecule has 6 nitrogen and oxygen atoms in total. The molecule has 1 amide bonds. The van der Waals surface area contributed by atoms with Crippen LogP contribution in [0.1, 0.15) is 23.7 Å². The maximum absolute atomic E-state index is 12.0. The van der Waals surface area contributed by atoms with Gasteiger partial charge in [-0.05, 0) is 37.2 Å². The van der Waals surface area contributed by atoms with Crippen LogP contribution in [0.25, 0.3) is 0 Å². The van der Waals surface area contributed by atoms with E-state index in [0.717, 1.165) is 25.1 Å². The first kappa shape index (κ1) is 20.4. The van der Waals surface area contributed by atoms with E-state index < -0.39 is 28.7 Å². The number of halogens is 3. The molecule has 0 saturated heterocycles. The van der Waals surface area contributed by atoms with Crippen LogP contribution in [0.15, 0.2) is 29.2 Å². The topological polar surface area (TPSA) is 87.3 Å². The Morgan fingerprint density at radius 2 is 1.71 bits per heavy atom. The van der Waals surface area contributed by atoms with Crippen LogP contribution in [0.3, 0.4) is 0 Å². The van der Waals surface area contributed by atoms with Crippen molar-refractivity contribution in [2.75, 3.05) is 26.2 Å². The lowest BCUT2D eigenvalue weighted by atomic mass is 10.2. The number of amides is 1. The van der Waals surface area contributed by atoms with Crippen LogP contribution < -0.4 is 15.4 Å². The van der Waals surface area contributed by atoms with E-state index >= 15 is 0 Å². The third-order valence-electron chi connectivity index (χ3n) is 2.90. The number of carbonyl (C=O) groups is 1. The van der Waals surface area contributed by atoms with Gasteiger partial charge in [0.1, 0.15) is 6.54 Å². The molecule has 0 aromatic heterocycles. The van der Waals surface area contributed by atoms with Gasteiger partial charge in [0.15, 0.2) is 0 Å². The van der Waals surface area contributed by atoms with Crippen molar-refractivity contribution >= 4 is 15.9 Å². The van der Waals surface area contributed by atoms with Crippen molar-refractivity contribution < 1.29 is 26.4 Å². The first-order valence-electron chi connectivity index (χ1n) is 7.31. The van der Waals surface area contributed by atoms with Gasteiger partial charge in [-0.15, -0.1) is 0 Å². The maximum atomic E-state index is 12.0. The first-order valence-corrected chi connectivity index (χ1v) is 8.79. The molecule has 0 spiro atoms. The largest absolute Gasteiger partial charge is 0.405 e. The zero-order chi connectivity index (χ0) is 18.2. The summed E-state index contributed by atoms with van der Waals surface area (Å²) in [5, 5.41) is 4.75. The van der Waals surface area contributed by atoms with E-state index in [2.05, 4.69) is 10.0 Å². The molecule has 0 bridgehead atoms. The second-order valence-corrected chi connectivity index (χ2v) is 6.74. The molecule has 1 aromatic carbocycles. The average Bonchev–Trinajstić information content (AvgIpc) is 2.52. The summed E-state index contributed by atoms with van der Waals surface area (Å²) in [4.78, 5) is 11.5. The second-order valence-electron chi connectivity index (χ2n) is 4.97. The van der Waals surface area contributed by atoms with Gasteiger partial charge in [0.25, 0.3) is 5.91 Å². The van der Waals surface area contributed by atoms with Gasteiger partial charge in [-0.2, -0.15) is 13.2 Å². The molecule has 0 radical (unpaired) electrons. The van der Waals surface area contributed by atoms with Crippen LogP contribution in [0.5, 0.6) is 0 Å². The van der Waals surface area contributed by atoms with Crippen molar-refractivity contribution in [3.8, 4) is 0 Å². The highest BCUT2D eigenvalue weighted by Gasteiger charge is 2.28. The summed E-state index contributed by atoms with van der Waals surface area (Å²) in [5.74, 6) is -0.923. The van der Waals surface area contributed by atoms with Gasteiger partial charge in [-0.25, -0.2) is 13.1 Å². The molecule has 0 fully saturated rings. The highest BCUT2D eigenvalue weighted by Crippen LogP contribution is 2.14. The zero-order valence-corrected chi connectivity index (χ0v) is 13.9. The van der Waals surface area contributed by atoms with Crippen LogP contribution in [0.4, 0.5) is 13.2 Å². The normalized spacial score (nSPS) is 12.2. The minimum absolute atomic E-state index is 0.0530. The van der Waals surface area contributed by atoms with Crippen LogP contribution >= 0.6 is 0 Å². The van der Waals surface area contributed by atoms with E-state index in [0.29, 0.717) is 6.54 Å². The molecular weight excluding hydrogens is 347 g/mol. The number of rotatable bonds is 9. The maximum Gasteiger partial charge on any atom is 0.405 e. The van der Waals surface area contributed by atoms with E-state index in [-0.39, 0.29) is 17.0 Å². The predicted molar refractivity (Wildman–Crippen MR) is 83.2 cm³/mol. The molecule has 0 aliphatic carbocycles. The number of nitrogens with one attached hydrogen (secondary N) is 3. The minimum atomic E-state index is -4.51. The van der Waals surface area contributed by atoms with Gasteiger partial charge < -0.3 is 10.6 Å². The van der Waals surface area contributed by atoms with E-state index in [1.54, 1.807) is 5.32 Å². The van der Waals surface area contributed by atoms with Crippen molar-refractivity contribution in [2.24, 2.45) is 0 Å². The number of carbonyl (C=O) groups excluding carboxylic acids is 1. The number of benzene rings is 1. The van der Waals surface area contributed by atoms with Crippen LogP contribution in [-0.2, 0) is 10.0 Å². The Hall–Kier alpha value is -1.65. The van der Waals surface area contributed by atoms with Gasteiger partial charge >= 0.3 is 6.18 Å². The zero-order valence-electron chi connectivity index (χ0n) is 13.1. The molecular formula is C14H20F3N3O3S. The molecule has 24 heavy (non-hydrogen) atoms. The monoisotopic (exact) mass is 367 g/mol. The Morgan fingerprint density at radius 1 is 1.08 bits per heavy atom. The van der Waals surface area contributed by atoms with E-state index in [4.69, 9.17) is 0 Å². The second kappa shape index (κ2) is 9.00. The fourth-order valence-electron chi connectivity index (χ4n) is 1.73. The standard InChI is InChI=1S/C14H20F3N3O3S/c1-2-7-18-8-9-20-24(22,23)12-5-3-11(4-6-12)13(21)19-10-14(15,16)17/h3-6,18,20H,2,7-10H2,1H3,(H,19,21). The summed E-state index contributed by atoms with van der Waals surface area (Å²) >= 11 is 0. The summed E-state index contributed by atoms with van der Waals surface area (Å²) in [7, 11) is -3.73. The summed E-state index contributed by atoms with van der Waals surface area (Å²) in [5.41, 5.74) is -0.0530. The van der Waals surface area contributed by atoms with Crippen LogP contribution in [0.2, 0.25) is 0 Å². The Morgan fingerprint density at radius 3 is 2.25 bits per heavy atom. The number of sulfonamides is 1. The number of hydrogen-bond acceptors (Lipinski definition) is 4. The van der Waals surface area contributed by atoms with E-state index in [1.807, 2.05) is 6.92 Å². The molecule has 0 atom stereocenters. The van der Waals surface area contributed by atoms with Gasteiger partial charge in [-0.3, -0.25) is 4.79 Å². The van der Waals surface area contributed by atoms with Crippen molar-refractivity contribution in [3.05, 3.63) is 29.8 Å². The predicted octanol–water partition coefficient (Wildman–Crippen LogP) is 1.26. The average molecular weight is 367 g/mol. The van der Waals surface area contributed by atoms with Gasteiger partial charge in [0, 0.05) is 18.7 Å². The molecule has 1 rings (SSSR count).